The number of carbonyl (C=O) groups excluding carboxylic acids is 1. The molecule has 1 aromatic heterocycles. The van der Waals surface area contributed by atoms with Crippen molar-refractivity contribution < 1.29 is 9.18 Å². The van der Waals surface area contributed by atoms with E-state index in [0.29, 0.717) is 21.1 Å². The quantitative estimate of drug-likeness (QED) is 0.752. The number of amides is 1. The number of fused-ring (bicyclic) bond motifs is 1. The van der Waals surface area contributed by atoms with Crippen molar-refractivity contribution in [1.82, 2.24) is 5.32 Å². The van der Waals surface area contributed by atoms with Crippen LogP contribution < -0.4 is 5.32 Å². The normalized spacial score (nSPS) is 14.9. The predicted octanol–water partition coefficient (Wildman–Crippen LogP) is 5.31. The van der Waals surface area contributed by atoms with E-state index >= 15 is 0 Å². The summed E-state index contributed by atoms with van der Waals surface area (Å²) in [5.74, 6) is -0.496. The van der Waals surface area contributed by atoms with E-state index < -0.39 is 0 Å². The van der Waals surface area contributed by atoms with Gasteiger partial charge in [0.25, 0.3) is 5.91 Å². The number of hydrogen-bond acceptors (Lipinski definition) is 2. The van der Waals surface area contributed by atoms with Gasteiger partial charge >= 0.3 is 0 Å². The molecule has 22 heavy (non-hydrogen) atoms. The highest BCUT2D eigenvalue weighted by Crippen LogP contribution is 2.35. The first-order valence-corrected chi connectivity index (χ1v) is 8.68. The Bertz CT molecular complexity index is 738. The average Bonchev–Trinajstić information content (AvgIpc) is 2.84. The Balaban J connectivity index is 1.67. The van der Waals surface area contributed by atoms with Gasteiger partial charge in [-0.2, -0.15) is 0 Å². The van der Waals surface area contributed by atoms with Crippen LogP contribution in [0.5, 0.6) is 0 Å². The standard InChI is InChI=1S/C17H17ClFNOS/c18-15-13-7-6-12(19)10-14(13)22-16(15)17(21)20-9-8-11-4-2-1-3-5-11/h4,6-7,10H,1-3,5,8-9H2,(H,20,21). The molecule has 3 rings (SSSR count). The summed E-state index contributed by atoms with van der Waals surface area (Å²) < 4.78 is 13.9. The number of halogens is 2. The van der Waals surface area contributed by atoms with E-state index in [-0.39, 0.29) is 11.7 Å². The van der Waals surface area contributed by atoms with Gasteiger partial charge in [-0.05, 0) is 50.3 Å². The van der Waals surface area contributed by atoms with Gasteiger partial charge in [0.15, 0.2) is 0 Å². The lowest BCUT2D eigenvalue weighted by Crippen LogP contribution is -2.24. The molecular formula is C17H17ClFNOS. The Hall–Kier alpha value is -1.39. The summed E-state index contributed by atoms with van der Waals surface area (Å²) in [5, 5.41) is 4.06. The van der Waals surface area contributed by atoms with Crippen LogP contribution in [0.4, 0.5) is 4.39 Å². The van der Waals surface area contributed by atoms with Crippen LogP contribution in [0.2, 0.25) is 5.02 Å². The van der Waals surface area contributed by atoms with Crippen LogP contribution in [-0.4, -0.2) is 12.5 Å². The molecule has 0 radical (unpaired) electrons. The summed E-state index contributed by atoms with van der Waals surface area (Å²) in [6.07, 6.45) is 7.97. The molecule has 0 unspecified atom stereocenters. The van der Waals surface area contributed by atoms with Gasteiger partial charge in [0.05, 0.1) is 5.02 Å². The maximum atomic E-state index is 13.2. The zero-order valence-corrected chi connectivity index (χ0v) is 13.7. The number of hydrogen-bond donors (Lipinski definition) is 1. The molecule has 0 saturated heterocycles. The van der Waals surface area contributed by atoms with Crippen molar-refractivity contribution >= 4 is 38.9 Å². The largest absolute Gasteiger partial charge is 0.351 e. The molecule has 0 aliphatic heterocycles. The summed E-state index contributed by atoms with van der Waals surface area (Å²) in [5.41, 5.74) is 1.43. The van der Waals surface area contributed by atoms with Gasteiger partial charge in [0.2, 0.25) is 0 Å². The monoisotopic (exact) mass is 337 g/mol. The summed E-state index contributed by atoms with van der Waals surface area (Å²) in [6, 6.07) is 4.39. The van der Waals surface area contributed by atoms with E-state index in [1.165, 1.54) is 41.9 Å². The predicted molar refractivity (Wildman–Crippen MR) is 90.3 cm³/mol. The molecule has 1 aromatic carbocycles. The zero-order valence-electron chi connectivity index (χ0n) is 12.1. The van der Waals surface area contributed by atoms with Crippen LogP contribution >= 0.6 is 22.9 Å². The third-order valence-electron chi connectivity index (χ3n) is 3.91. The molecule has 0 saturated carbocycles. The maximum absolute atomic E-state index is 13.2. The van der Waals surface area contributed by atoms with Crippen molar-refractivity contribution in [3.63, 3.8) is 0 Å². The second kappa shape index (κ2) is 6.80. The van der Waals surface area contributed by atoms with E-state index in [1.54, 1.807) is 6.07 Å². The van der Waals surface area contributed by atoms with Crippen LogP contribution in [0.25, 0.3) is 10.1 Å². The highest BCUT2D eigenvalue weighted by Gasteiger charge is 2.17. The van der Waals surface area contributed by atoms with Gasteiger partial charge in [-0.3, -0.25) is 4.79 Å². The van der Waals surface area contributed by atoms with Gasteiger partial charge in [0.1, 0.15) is 10.7 Å². The number of benzene rings is 1. The zero-order chi connectivity index (χ0) is 15.5. The lowest BCUT2D eigenvalue weighted by atomic mass is 9.97. The fourth-order valence-corrected chi connectivity index (χ4v) is 4.19. The van der Waals surface area contributed by atoms with Crippen molar-refractivity contribution in [2.75, 3.05) is 6.54 Å². The molecule has 5 heteroatoms. The minimum Gasteiger partial charge on any atom is -0.351 e. The lowest BCUT2D eigenvalue weighted by Gasteiger charge is -2.12. The molecule has 0 atom stereocenters. The number of thiophene rings is 1. The molecule has 2 aromatic rings. The van der Waals surface area contributed by atoms with Crippen molar-refractivity contribution in [2.45, 2.75) is 32.1 Å². The Morgan fingerprint density at radius 3 is 3.00 bits per heavy atom. The van der Waals surface area contributed by atoms with Crippen molar-refractivity contribution in [3.05, 3.63) is 45.6 Å². The molecule has 1 amide bonds. The van der Waals surface area contributed by atoms with Crippen LogP contribution in [-0.2, 0) is 0 Å². The van der Waals surface area contributed by atoms with E-state index in [9.17, 15) is 9.18 Å². The molecular weight excluding hydrogens is 321 g/mol. The molecule has 0 fully saturated rings. The fraction of sp³-hybridized carbons (Fsp3) is 0.353. The minimum absolute atomic E-state index is 0.178. The summed E-state index contributed by atoms with van der Waals surface area (Å²) in [6.45, 7) is 0.615. The number of carbonyl (C=O) groups is 1. The molecule has 1 aliphatic rings. The smallest absolute Gasteiger partial charge is 0.262 e. The first-order valence-electron chi connectivity index (χ1n) is 7.49. The van der Waals surface area contributed by atoms with Crippen LogP contribution in [0, 0.1) is 5.82 Å². The van der Waals surface area contributed by atoms with E-state index in [4.69, 9.17) is 11.6 Å². The molecule has 116 valence electrons. The number of nitrogens with one attached hydrogen (secondary N) is 1. The van der Waals surface area contributed by atoms with E-state index in [2.05, 4.69) is 11.4 Å². The third kappa shape index (κ3) is 3.33. The highest BCUT2D eigenvalue weighted by molar-refractivity contribution is 7.21. The molecule has 0 spiro atoms. The Labute approximate surface area is 138 Å². The lowest BCUT2D eigenvalue weighted by molar-refractivity contribution is 0.0958. The topological polar surface area (TPSA) is 29.1 Å². The maximum Gasteiger partial charge on any atom is 0.262 e. The Kier molecular flexibility index (Phi) is 4.79. The van der Waals surface area contributed by atoms with Gasteiger partial charge in [0, 0.05) is 16.6 Å². The molecule has 0 bridgehead atoms. The molecule has 2 nitrogen and oxygen atoms in total. The van der Waals surface area contributed by atoms with E-state index in [1.807, 2.05) is 0 Å². The highest BCUT2D eigenvalue weighted by atomic mass is 35.5. The second-order valence-electron chi connectivity index (χ2n) is 5.50. The SMILES string of the molecule is O=C(NCCC1=CCCCC1)c1sc2cc(F)ccc2c1Cl. The molecule has 1 N–H and O–H groups in total. The fourth-order valence-electron chi connectivity index (χ4n) is 2.73. The third-order valence-corrected chi connectivity index (χ3v) is 5.57. The summed E-state index contributed by atoms with van der Waals surface area (Å²) in [7, 11) is 0. The minimum atomic E-state index is -0.318. The van der Waals surface area contributed by atoms with Gasteiger partial charge in [-0.25, -0.2) is 4.39 Å². The Morgan fingerprint density at radius 2 is 2.23 bits per heavy atom. The summed E-state index contributed by atoms with van der Waals surface area (Å²) >= 11 is 7.48. The number of allylic oxidation sites excluding steroid dienone is 1. The van der Waals surface area contributed by atoms with Gasteiger partial charge in [-0.15, -0.1) is 11.3 Å². The first kappa shape index (κ1) is 15.5. The molecule has 1 aliphatic carbocycles. The second-order valence-corrected chi connectivity index (χ2v) is 6.93. The van der Waals surface area contributed by atoms with Crippen LogP contribution in [0.15, 0.2) is 29.8 Å². The van der Waals surface area contributed by atoms with Crippen LogP contribution in [0.1, 0.15) is 41.8 Å². The van der Waals surface area contributed by atoms with Crippen molar-refractivity contribution in [3.8, 4) is 0 Å². The average molecular weight is 338 g/mol. The van der Waals surface area contributed by atoms with Crippen molar-refractivity contribution in [2.24, 2.45) is 0 Å². The van der Waals surface area contributed by atoms with Crippen LogP contribution in [0.3, 0.4) is 0 Å². The first-order chi connectivity index (χ1) is 10.6. The molecule has 1 heterocycles. The van der Waals surface area contributed by atoms with E-state index in [0.717, 1.165) is 24.6 Å². The summed E-state index contributed by atoms with van der Waals surface area (Å²) in [4.78, 5) is 12.7. The Morgan fingerprint density at radius 1 is 1.36 bits per heavy atom. The van der Waals surface area contributed by atoms with Crippen molar-refractivity contribution in [1.29, 1.82) is 0 Å². The van der Waals surface area contributed by atoms with Gasteiger partial charge in [-0.1, -0.05) is 23.3 Å². The van der Waals surface area contributed by atoms with Gasteiger partial charge < -0.3 is 5.32 Å². The number of rotatable bonds is 4.